The summed E-state index contributed by atoms with van der Waals surface area (Å²) in [7, 11) is 0. The first-order valence-corrected chi connectivity index (χ1v) is 10.2. The molecule has 146 valence electrons. The van der Waals surface area contributed by atoms with Crippen molar-refractivity contribution in [1.82, 2.24) is 10.6 Å². The molecule has 6 heteroatoms. The number of carbonyl (C=O) groups excluding carboxylic acids is 2. The second-order valence-electron chi connectivity index (χ2n) is 7.99. The van der Waals surface area contributed by atoms with Gasteiger partial charge >= 0.3 is 0 Å². The number of hydrogen-bond donors (Lipinski definition) is 3. The van der Waals surface area contributed by atoms with Crippen LogP contribution in [0.5, 0.6) is 0 Å². The van der Waals surface area contributed by atoms with Crippen molar-refractivity contribution in [1.29, 1.82) is 0 Å². The van der Waals surface area contributed by atoms with Gasteiger partial charge in [0.1, 0.15) is 0 Å². The Bertz CT molecular complexity index is 700. The summed E-state index contributed by atoms with van der Waals surface area (Å²) in [6.45, 7) is 2.60. The van der Waals surface area contributed by atoms with Crippen molar-refractivity contribution in [3.63, 3.8) is 0 Å². The SMILES string of the molecule is O=C(NC[C@H]1CCCO1)[C@@H]1CNC[C@H](C(=O)Nc2ccc3c(c2)CCC3)C1. The van der Waals surface area contributed by atoms with Gasteiger partial charge in [-0.15, -0.1) is 0 Å². The van der Waals surface area contributed by atoms with Gasteiger partial charge in [-0.1, -0.05) is 6.07 Å². The molecule has 1 aromatic rings. The van der Waals surface area contributed by atoms with Crippen LogP contribution in [0.15, 0.2) is 18.2 Å². The zero-order valence-corrected chi connectivity index (χ0v) is 15.8. The molecule has 1 aromatic carbocycles. The summed E-state index contributed by atoms with van der Waals surface area (Å²) in [4.78, 5) is 25.2. The number of hydrogen-bond acceptors (Lipinski definition) is 4. The molecule has 3 aliphatic rings. The zero-order valence-electron chi connectivity index (χ0n) is 15.8. The van der Waals surface area contributed by atoms with Gasteiger partial charge in [0.05, 0.1) is 17.9 Å². The van der Waals surface area contributed by atoms with Crippen LogP contribution in [0.3, 0.4) is 0 Å². The lowest BCUT2D eigenvalue weighted by atomic mass is 9.89. The lowest BCUT2D eigenvalue weighted by Crippen LogP contribution is -2.48. The van der Waals surface area contributed by atoms with Crippen molar-refractivity contribution in [3.05, 3.63) is 29.3 Å². The molecule has 2 aliphatic heterocycles. The molecule has 3 atom stereocenters. The van der Waals surface area contributed by atoms with E-state index >= 15 is 0 Å². The molecule has 2 amide bonds. The molecule has 1 aliphatic carbocycles. The van der Waals surface area contributed by atoms with Gasteiger partial charge < -0.3 is 20.7 Å². The summed E-state index contributed by atoms with van der Waals surface area (Å²) in [5, 5.41) is 9.29. The smallest absolute Gasteiger partial charge is 0.228 e. The Morgan fingerprint density at radius 1 is 1.07 bits per heavy atom. The fourth-order valence-corrected chi connectivity index (χ4v) is 4.40. The molecule has 6 nitrogen and oxygen atoms in total. The monoisotopic (exact) mass is 371 g/mol. The maximum absolute atomic E-state index is 12.7. The summed E-state index contributed by atoms with van der Waals surface area (Å²) in [6.07, 6.45) is 6.23. The Hall–Kier alpha value is -1.92. The molecule has 2 heterocycles. The van der Waals surface area contributed by atoms with Crippen molar-refractivity contribution in [2.75, 3.05) is 31.6 Å². The van der Waals surface area contributed by atoms with Crippen LogP contribution in [0.4, 0.5) is 5.69 Å². The quantitative estimate of drug-likeness (QED) is 0.735. The highest BCUT2D eigenvalue weighted by Crippen LogP contribution is 2.26. The van der Waals surface area contributed by atoms with Crippen molar-refractivity contribution in [2.24, 2.45) is 11.8 Å². The van der Waals surface area contributed by atoms with E-state index in [1.165, 1.54) is 17.5 Å². The molecule has 2 fully saturated rings. The minimum atomic E-state index is -0.189. The van der Waals surface area contributed by atoms with Crippen molar-refractivity contribution < 1.29 is 14.3 Å². The van der Waals surface area contributed by atoms with E-state index in [0.717, 1.165) is 38.0 Å². The van der Waals surface area contributed by atoms with Crippen LogP contribution in [-0.2, 0) is 27.2 Å². The van der Waals surface area contributed by atoms with Gasteiger partial charge in [-0.2, -0.15) is 0 Å². The van der Waals surface area contributed by atoms with Gasteiger partial charge in [0.15, 0.2) is 0 Å². The number of piperidine rings is 1. The minimum Gasteiger partial charge on any atom is -0.376 e. The fourth-order valence-electron chi connectivity index (χ4n) is 4.40. The van der Waals surface area contributed by atoms with Crippen molar-refractivity contribution in [3.8, 4) is 0 Å². The normalized spacial score (nSPS) is 27.2. The molecule has 27 heavy (non-hydrogen) atoms. The maximum atomic E-state index is 12.7. The Labute approximate surface area is 160 Å². The van der Waals surface area contributed by atoms with Gasteiger partial charge in [-0.25, -0.2) is 0 Å². The van der Waals surface area contributed by atoms with E-state index in [4.69, 9.17) is 4.74 Å². The van der Waals surface area contributed by atoms with E-state index in [2.05, 4.69) is 28.1 Å². The van der Waals surface area contributed by atoms with Crippen LogP contribution < -0.4 is 16.0 Å². The first-order valence-electron chi connectivity index (χ1n) is 10.2. The second-order valence-corrected chi connectivity index (χ2v) is 7.99. The lowest BCUT2D eigenvalue weighted by molar-refractivity contribution is -0.128. The van der Waals surface area contributed by atoms with Crippen LogP contribution in [0.1, 0.15) is 36.8 Å². The van der Waals surface area contributed by atoms with Crippen LogP contribution in [0, 0.1) is 11.8 Å². The Morgan fingerprint density at radius 3 is 2.70 bits per heavy atom. The van der Waals surface area contributed by atoms with E-state index < -0.39 is 0 Å². The highest BCUT2D eigenvalue weighted by atomic mass is 16.5. The summed E-state index contributed by atoms with van der Waals surface area (Å²) in [5.74, 6) is -0.341. The molecule has 0 bridgehead atoms. The largest absolute Gasteiger partial charge is 0.376 e. The van der Waals surface area contributed by atoms with Crippen LogP contribution in [0.25, 0.3) is 0 Å². The second kappa shape index (κ2) is 8.40. The van der Waals surface area contributed by atoms with E-state index in [0.29, 0.717) is 26.1 Å². The predicted molar refractivity (Wildman–Crippen MR) is 104 cm³/mol. The first kappa shape index (κ1) is 18.4. The van der Waals surface area contributed by atoms with Gasteiger partial charge in [0.25, 0.3) is 0 Å². The molecular formula is C21H29N3O3. The number of anilines is 1. The number of amides is 2. The van der Waals surface area contributed by atoms with Crippen molar-refractivity contribution in [2.45, 2.75) is 44.6 Å². The number of ether oxygens (including phenoxy) is 1. The highest BCUT2D eigenvalue weighted by molar-refractivity contribution is 5.93. The van der Waals surface area contributed by atoms with E-state index in [1.54, 1.807) is 0 Å². The summed E-state index contributed by atoms with van der Waals surface area (Å²) < 4.78 is 5.55. The standard InChI is InChI=1S/C21H29N3O3/c25-20(23-13-19-5-2-8-27-19)16-9-17(12-22-11-16)21(26)24-18-7-6-14-3-1-4-15(14)10-18/h6-7,10,16-17,19,22H,1-5,8-9,11-13H2,(H,23,25)(H,24,26)/t16-,17+,19+/m0/s1. The van der Waals surface area contributed by atoms with E-state index in [1.807, 2.05) is 6.07 Å². The minimum absolute atomic E-state index is 0.00271. The predicted octanol–water partition coefficient (Wildman–Crippen LogP) is 1.63. The highest BCUT2D eigenvalue weighted by Gasteiger charge is 2.31. The molecule has 0 spiro atoms. The summed E-state index contributed by atoms with van der Waals surface area (Å²) in [6, 6.07) is 6.21. The summed E-state index contributed by atoms with van der Waals surface area (Å²) in [5.41, 5.74) is 3.61. The average molecular weight is 371 g/mol. The third-order valence-electron chi connectivity index (χ3n) is 5.99. The van der Waals surface area contributed by atoms with Crippen LogP contribution in [0.2, 0.25) is 0 Å². The molecule has 0 saturated carbocycles. The first-order chi connectivity index (χ1) is 13.2. The molecule has 3 N–H and O–H groups in total. The number of nitrogens with one attached hydrogen (secondary N) is 3. The average Bonchev–Trinajstić information content (AvgIpc) is 3.37. The molecule has 0 radical (unpaired) electrons. The lowest BCUT2D eigenvalue weighted by Gasteiger charge is -2.29. The molecular weight excluding hydrogens is 342 g/mol. The molecule has 0 unspecified atom stereocenters. The molecule has 2 saturated heterocycles. The van der Waals surface area contributed by atoms with E-state index in [-0.39, 0.29) is 29.8 Å². The number of benzene rings is 1. The Kier molecular flexibility index (Phi) is 5.74. The molecule has 0 aromatic heterocycles. The van der Waals surface area contributed by atoms with Gasteiger partial charge in [-0.3, -0.25) is 9.59 Å². The van der Waals surface area contributed by atoms with Gasteiger partial charge in [0.2, 0.25) is 11.8 Å². The number of rotatable bonds is 5. The van der Waals surface area contributed by atoms with E-state index in [9.17, 15) is 9.59 Å². The third kappa shape index (κ3) is 4.50. The zero-order chi connectivity index (χ0) is 18.6. The third-order valence-corrected chi connectivity index (χ3v) is 5.99. The Balaban J connectivity index is 1.29. The molecule has 4 rings (SSSR count). The van der Waals surface area contributed by atoms with Gasteiger partial charge in [0, 0.05) is 31.9 Å². The number of aryl methyl sites for hydroxylation is 2. The van der Waals surface area contributed by atoms with Gasteiger partial charge in [-0.05, 0) is 61.8 Å². The fraction of sp³-hybridized carbons (Fsp3) is 0.619. The van der Waals surface area contributed by atoms with Crippen LogP contribution in [-0.4, -0.2) is 44.2 Å². The Morgan fingerprint density at radius 2 is 1.89 bits per heavy atom. The maximum Gasteiger partial charge on any atom is 0.228 e. The topological polar surface area (TPSA) is 79.5 Å². The number of carbonyl (C=O) groups is 2. The number of fused-ring (bicyclic) bond motifs is 1. The van der Waals surface area contributed by atoms with Crippen LogP contribution >= 0.6 is 0 Å². The summed E-state index contributed by atoms with van der Waals surface area (Å²) >= 11 is 0. The van der Waals surface area contributed by atoms with Crippen molar-refractivity contribution >= 4 is 17.5 Å².